The van der Waals surface area contributed by atoms with Crippen molar-refractivity contribution in [2.45, 2.75) is 58.9 Å². The van der Waals surface area contributed by atoms with E-state index in [-0.39, 0.29) is 0 Å². The van der Waals surface area contributed by atoms with Crippen molar-refractivity contribution in [2.75, 3.05) is 19.8 Å². The molecule has 0 aromatic rings. The third-order valence-electron chi connectivity index (χ3n) is 4.25. The number of fused-ring (bicyclic) bond motifs is 2. The zero-order valence-corrected chi connectivity index (χ0v) is 13.7. The Balaban J connectivity index is 1.95. The molecule has 0 amide bonds. The lowest BCUT2D eigenvalue weighted by molar-refractivity contribution is 0.0713. The van der Waals surface area contributed by atoms with Crippen LogP contribution in [0.3, 0.4) is 0 Å². The van der Waals surface area contributed by atoms with E-state index in [0.717, 1.165) is 18.4 Å². The summed E-state index contributed by atoms with van der Waals surface area (Å²) in [7, 11) is -2.42. The first kappa shape index (κ1) is 15.2. The summed E-state index contributed by atoms with van der Waals surface area (Å²) in [5.41, 5.74) is 3.42. The van der Waals surface area contributed by atoms with Crippen molar-refractivity contribution in [3.63, 3.8) is 0 Å². The molecular weight excluding hydrogens is 256 g/mol. The summed E-state index contributed by atoms with van der Waals surface area (Å²) in [6, 6.07) is 0.952. The molecule has 0 aromatic carbocycles. The van der Waals surface area contributed by atoms with Crippen molar-refractivity contribution in [3.05, 3.63) is 11.1 Å². The lowest BCUT2D eigenvalue weighted by Crippen LogP contribution is -2.46. The molecule has 0 spiro atoms. The van der Waals surface area contributed by atoms with Gasteiger partial charge in [-0.25, -0.2) is 0 Å². The third-order valence-corrected chi connectivity index (χ3v) is 7.30. The molecule has 1 saturated carbocycles. The summed E-state index contributed by atoms with van der Waals surface area (Å²) in [5.74, 6) is 0.951. The Morgan fingerprint density at radius 3 is 2.05 bits per heavy atom. The second-order valence-corrected chi connectivity index (χ2v) is 8.23. The molecule has 1 atom stereocenters. The fourth-order valence-electron chi connectivity index (χ4n) is 3.50. The Morgan fingerprint density at radius 1 is 1.00 bits per heavy atom. The van der Waals surface area contributed by atoms with Gasteiger partial charge in [0.2, 0.25) is 0 Å². The molecule has 0 heterocycles. The van der Waals surface area contributed by atoms with Crippen LogP contribution in [0.5, 0.6) is 0 Å². The van der Waals surface area contributed by atoms with Crippen LogP contribution in [0.1, 0.15) is 52.9 Å². The monoisotopic (exact) mass is 284 g/mol. The minimum absolute atomic E-state index is 0.681. The molecule has 110 valence electrons. The highest BCUT2D eigenvalue weighted by atomic mass is 28.4. The molecule has 0 aromatic heterocycles. The Bertz CT molecular complexity index is 310. The standard InChI is InChI=1S/C15H28O3Si/c1-4-16-19(17-5-2,18-6-3)10-9-15-12-13-7-8-14(15)11-13/h13H,4-12H2,1-3H3. The molecule has 1 unspecified atom stereocenters. The van der Waals surface area contributed by atoms with Crippen LogP contribution in [0, 0.1) is 5.92 Å². The maximum absolute atomic E-state index is 5.92. The second kappa shape index (κ2) is 7.02. The first-order valence-electron chi connectivity index (χ1n) is 7.84. The Morgan fingerprint density at radius 2 is 1.63 bits per heavy atom. The predicted molar refractivity (Wildman–Crippen MR) is 79.0 cm³/mol. The first-order valence-corrected chi connectivity index (χ1v) is 9.77. The van der Waals surface area contributed by atoms with Gasteiger partial charge < -0.3 is 13.3 Å². The Hall–Kier alpha value is -0.163. The largest absolute Gasteiger partial charge is 0.501 e. The van der Waals surface area contributed by atoms with Crippen LogP contribution >= 0.6 is 0 Å². The van der Waals surface area contributed by atoms with Crippen molar-refractivity contribution in [1.29, 1.82) is 0 Å². The highest BCUT2D eigenvalue weighted by Crippen LogP contribution is 2.46. The van der Waals surface area contributed by atoms with Crippen molar-refractivity contribution < 1.29 is 13.3 Å². The van der Waals surface area contributed by atoms with Crippen LogP contribution in [0.15, 0.2) is 11.1 Å². The second-order valence-electron chi connectivity index (χ2n) is 5.50. The normalized spacial score (nSPS) is 22.6. The van der Waals surface area contributed by atoms with E-state index in [0.29, 0.717) is 19.8 Å². The van der Waals surface area contributed by atoms with E-state index in [9.17, 15) is 0 Å². The molecule has 2 aliphatic rings. The van der Waals surface area contributed by atoms with Gasteiger partial charge in [0, 0.05) is 25.9 Å². The molecule has 1 fully saturated rings. The molecule has 2 bridgehead atoms. The number of hydrogen-bond donors (Lipinski definition) is 0. The van der Waals surface area contributed by atoms with Crippen molar-refractivity contribution >= 4 is 8.80 Å². The van der Waals surface area contributed by atoms with Gasteiger partial charge in [0.1, 0.15) is 0 Å². The Labute approximate surface area is 118 Å². The van der Waals surface area contributed by atoms with Gasteiger partial charge in [-0.2, -0.15) is 0 Å². The lowest BCUT2D eigenvalue weighted by Gasteiger charge is -2.29. The van der Waals surface area contributed by atoms with E-state index in [1.165, 1.54) is 25.7 Å². The molecule has 0 N–H and O–H groups in total. The topological polar surface area (TPSA) is 27.7 Å². The summed E-state index contributed by atoms with van der Waals surface area (Å²) in [4.78, 5) is 0. The zero-order chi connectivity index (χ0) is 13.7. The minimum atomic E-state index is -2.42. The fraction of sp³-hybridized carbons (Fsp3) is 0.867. The SMILES string of the molecule is CCO[Si](CCC1=C2CCC(C2)C1)(OCC)OCC. The van der Waals surface area contributed by atoms with E-state index in [4.69, 9.17) is 13.3 Å². The summed E-state index contributed by atoms with van der Waals surface area (Å²) in [6.45, 7) is 8.12. The Kier molecular flexibility index (Phi) is 5.63. The predicted octanol–water partition coefficient (Wildman–Crippen LogP) is 3.93. The van der Waals surface area contributed by atoms with Crippen molar-refractivity contribution in [3.8, 4) is 0 Å². The molecule has 2 aliphatic carbocycles. The first-order chi connectivity index (χ1) is 9.23. The van der Waals surface area contributed by atoms with Gasteiger partial charge in [-0.05, 0) is 58.8 Å². The highest BCUT2D eigenvalue weighted by molar-refractivity contribution is 6.60. The molecule has 3 nitrogen and oxygen atoms in total. The molecule has 4 heteroatoms. The molecule has 0 saturated heterocycles. The number of rotatable bonds is 9. The minimum Gasteiger partial charge on any atom is -0.374 e. The number of allylic oxidation sites excluding steroid dienone is 2. The lowest BCUT2D eigenvalue weighted by atomic mass is 9.98. The van der Waals surface area contributed by atoms with Crippen molar-refractivity contribution in [1.82, 2.24) is 0 Å². The van der Waals surface area contributed by atoms with Gasteiger partial charge in [-0.15, -0.1) is 0 Å². The third kappa shape index (κ3) is 3.69. The molecule has 19 heavy (non-hydrogen) atoms. The van der Waals surface area contributed by atoms with Crippen LogP contribution in [0.2, 0.25) is 6.04 Å². The smallest absolute Gasteiger partial charge is 0.374 e. The fourth-order valence-corrected chi connectivity index (χ4v) is 6.11. The van der Waals surface area contributed by atoms with Crippen LogP contribution in [0.4, 0.5) is 0 Å². The maximum Gasteiger partial charge on any atom is 0.501 e. The van der Waals surface area contributed by atoms with Gasteiger partial charge in [0.15, 0.2) is 0 Å². The van der Waals surface area contributed by atoms with E-state index >= 15 is 0 Å². The van der Waals surface area contributed by atoms with E-state index in [1.807, 2.05) is 20.8 Å². The summed E-state index contributed by atoms with van der Waals surface area (Å²) < 4.78 is 17.8. The zero-order valence-electron chi connectivity index (χ0n) is 12.7. The van der Waals surface area contributed by atoms with E-state index in [2.05, 4.69) is 0 Å². The van der Waals surface area contributed by atoms with Gasteiger partial charge in [-0.1, -0.05) is 11.1 Å². The summed E-state index contributed by atoms with van der Waals surface area (Å²) in [5, 5.41) is 0. The van der Waals surface area contributed by atoms with Gasteiger partial charge >= 0.3 is 8.80 Å². The maximum atomic E-state index is 5.92. The van der Waals surface area contributed by atoms with Crippen LogP contribution in [0.25, 0.3) is 0 Å². The summed E-state index contributed by atoms with van der Waals surface area (Å²) >= 11 is 0. The van der Waals surface area contributed by atoms with Crippen LogP contribution < -0.4 is 0 Å². The van der Waals surface area contributed by atoms with E-state index < -0.39 is 8.80 Å². The van der Waals surface area contributed by atoms with Crippen LogP contribution in [-0.2, 0) is 13.3 Å². The summed E-state index contributed by atoms with van der Waals surface area (Å²) in [6.07, 6.45) is 6.57. The van der Waals surface area contributed by atoms with Gasteiger partial charge in [0.05, 0.1) is 0 Å². The molecule has 0 aliphatic heterocycles. The van der Waals surface area contributed by atoms with Crippen molar-refractivity contribution in [2.24, 2.45) is 5.92 Å². The van der Waals surface area contributed by atoms with Crippen LogP contribution in [-0.4, -0.2) is 28.6 Å². The average Bonchev–Trinajstić information content (AvgIpc) is 2.99. The van der Waals surface area contributed by atoms with Gasteiger partial charge in [0.25, 0.3) is 0 Å². The van der Waals surface area contributed by atoms with E-state index in [1.54, 1.807) is 11.1 Å². The molecule has 2 rings (SSSR count). The van der Waals surface area contributed by atoms with Gasteiger partial charge in [-0.3, -0.25) is 0 Å². The average molecular weight is 284 g/mol. The highest BCUT2D eigenvalue weighted by Gasteiger charge is 2.41. The number of hydrogen-bond acceptors (Lipinski definition) is 3. The molecular formula is C15H28O3Si. The quantitative estimate of drug-likeness (QED) is 0.474. The molecule has 0 radical (unpaired) electrons.